The Balaban J connectivity index is 2.16. The van der Waals surface area contributed by atoms with Crippen molar-refractivity contribution in [2.75, 3.05) is 13.1 Å². The molecule has 0 amide bonds. The lowest BCUT2D eigenvalue weighted by Crippen LogP contribution is -2.38. The van der Waals surface area contributed by atoms with Gasteiger partial charge in [-0.05, 0) is 30.7 Å². The van der Waals surface area contributed by atoms with Crippen molar-refractivity contribution in [3.63, 3.8) is 0 Å². The molecule has 1 aromatic carbocycles. The Morgan fingerprint density at radius 1 is 1.29 bits per heavy atom. The second-order valence-electron chi connectivity index (χ2n) is 3.72. The number of halogens is 1. The number of aliphatic hydroxyl groups is 1. The maximum Gasteiger partial charge on any atom is 0.0633 e. The summed E-state index contributed by atoms with van der Waals surface area (Å²) in [6.45, 7) is 1.80. The van der Waals surface area contributed by atoms with Crippen molar-refractivity contribution in [2.24, 2.45) is 0 Å². The molecule has 1 aliphatic heterocycles. The number of benzene rings is 1. The molecule has 1 saturated heterocycles. The third-order valence-electron chi connectivity index (χ3n) is 2.74. The van der Waals surface area contributed by atoms with Crippen LogP contribution >= 0.6 is 15.9 Å². The van der Waals surface area contributed by atoms with E-state index < -0.39 is 0 Å². The lowest BCUT2D eigenvalue weighted by molar-refractivity contribution is 0.114. The van der Waals surface area contributed by atoms with E-state index in [1.807, 2.05) is 12.1 Å². The van der Waals surface area contributed by atoms with Crippen LogP contribution in [-0.2, 0) is 0 Å². The van der Waals surface area contributed by atoms with E-state index in [-0.39, 0.29) is 12.0 Å². The second kappa shape index (κ2) is 4.43. The van der Waals surface area contributed by atoms with Gasteiger partial charge in [-0.3, -0.25) is 0 Å². The van der Waals surface area contributed by atoms with Gasteiger partial charge in [0.25, 0.3) is 0 Å². The first-order chi connectivity index (χ1) is 6.77. The van der Waals surface area contributed by atoms with Crippen LogP contribution in [0.4, 0.5) is 0 Å². The summed E-state index contributed by atoms with van der Waals surface area (Å²) in [7, 11) is 0. The number of nitrogens with one attached hydrogen (secondary N) is 1. The largest absolute Gasteiger partial charge is 0.392 e. The van der Waals surface area contributed by atoms with Gasteiger partial charge in [-0.1, -0.05) is 28.1 Å². The molecule has 2 N–H and O–H groups in total. The van der Waals surface area contributed by atoms with E-state index in [4.69, 9.17) is 0 Å². The molecule has 3 heteroatoms. The molecule has 0 aliphatic carbocycles. The van der Waals surface area contributed by atoms with Crippen molar-refractivity contribution in [3.8, 4) is 0 Å². The van der Waals surface area contributed by atoms with Crippen molar-refractivity contribution in [1.29, 1.82) is 0 Å². The molecule has 14 heavy (non-hydrogen) atoms. The average molecular weight is 256 g/mol. The number of hydrogen-bond acceptors (Lipinski definition) is 2. The van der Waals surface area contributed by atoms with Crippen LogP contribution in [0.15, 0.2) is 28.7 Å². The van der Waals surface area contributed by atoms with Gasteiger partial charge < -0.3 is 10.4 Å². The summed E-state index contributed by atoms with van der Waals surface area (Å²) < 4.78 is 1.08. The standard InChI is InChI=1S/C11H14BrNO/c12-9-3-1-8(2-4-9)10-7-13-6-5-11(10)14/h1-4,10-11,13-14H,5-7H2/t10-,11+/m1/s1. The third kappa shape index (κ3) is 2.16. The summed E-state index contributed by atoms with van der Waals surface area (Å²) in [4.78, 5) is 0. The fourth-order valence-electron chi connectivity index (χ4n) is 1.89. The minimum absolute atomic E-state index is 0.197. The van der Waals surface area contributed by atoms with Crippen LogP contribution in [-0.4, -0.2) is 24.3 Å². The molecule has 1 heterocycles. The maximum atomic E-state index is 9.84. The van der Waals surface area contributed by atoms with Crippen molar-refractivity contribution < 1.29 is 5.11 Å². The molecule has 0 aromatic heterocycles. The third-order valence-corrected chi connectivity index (χ3v) is 3.27. The van der Waals surface area contributed by atoms with Crippen molar-refractivity contribution >= 4 is 15.9 Å². The fourth-order valence-corrected chi connectivity index (χ4v) is 2.16. The lowest BCUT2D eigenvalue weighted by atomic mass is 9.89. The van der Waals surface area contributed by atoms with Crippen LogP contribution in [0.2, 0.25) is 0 Å². The zero-order valence-electron chi connectivity index (χ0n) is 7.91. The zero-order chi connectivity index (χ0) is 9.97. The first-order valence-electron chi connectivity index (χ1n) is 4.91. The SMILES string of the molecule is O[C@H]1CCNC[C@@H]1c1ccc(Br)cc1. The molecular weight excluding hydrogens is 242 g/mol. The van der Waals surface area contributed by atoms with Gasteiger partial charge in [0.05, 0.1) is 6.10 Å². The summed E-state index contributed by atoms with van der Waals surface area (Å²) in [5, 5.41) is 13.1. The minimum Gasteiger partial charge on any atom is -0.392 e. The van der Waals surface area contributed by atoms with Crippen molar-refractivity contribution in [3.05, 3.63) is 34.3 Å². The van der Waals surface area contributed by atoms with Crippen LogP contribution in [0.3, 0.4) is 0 Å². The first-order valence-corrected chi connectivity index (χ1v) is 5.71. The summed E-state index contributed by atoms with van der Waals surface area (Å²) in [6.07, 6.45) is 0.651. The average Bonchev–Trinajstić information content (AvgIpc) is 2.20. The highest BCUT2D eigenvalue weighted by atomic mass is 79.9. The number of hydrogen-bond donors (Lipinski definition) is 2. The quantitative estimate of drug-likeness (QED) is 0.804. The van der Waals surface area contributed by atoms with Gasteiger partial charge in [-0.2, -0.15) is 0 Å². The van der Waals surface area contributed by atoms with E-state index in [2.05, 4.69) is 33.4 Å². The Labute approximate surface area is 92.5 Å². The highest BCUT2D eigenvalue weighted by molar-refractivity contribution is 9.10. The molecule has 0 radical (unpaired) electrons. The van der Waals surface area contributed by atoms with Gasteiger partial charge in [0.1, 0.15) is 0 Å². The Morgan fingerprint density at radius 3 is 2.64 bits per heavy atom. The monoisotopic (exact) mass is 255 g/mol. The summed E-state index contributed by atoms with van der Waals surface area (Å²) in [5.41, 5.74) is 1.22. The first kappa shape index (κ1) is 10.1. The molecule has 1 aliphatic rings. The van der Waals surface area contributed by atoms with Crippen LogP contribution in [0.5, 0.6) is 0 Å². The van der Waals surface area contributed by atoms with Crippen LogP contribution < -0.4 is 5.32 Å². The molecule has 0 saturated carbocycles. The van der Waals surface area contributed by atoms with Crippen LogP contribution in [0, 0.1) is 0 Å². The van der Waals surface area contributed by atoms with E-state index in [0.29, 0.717) is 0 Å². The van der Waals surface area contributed by atoms with E-state index in [1.54, 1.807) is 0 Å². The minimum atomic E-state index is -0.197. The highest BCUT2D eigenvalue weighted by Gasteiger charge is 2.23. The molecule has 2 rings (SSSR count). The topological polar surface area (TPSA) is 32.3 Å². The molecule has 76 valence electrons. The molecule has 1 aromatic rings. The number of piperidine rings is 1. The molecule has 0 spiro atoms. The van der Waals surface area contributed by atoms with Gasteiger partial charge in [0.15, 0.2) is 0 Å². The molecular formula is C11H14BrNO. The Bertz CT molecular complexity index is 299. The predicted molar refractivity (Wildman–Crippen MR) is 60.4 cm³/mol. The second-order valence-corrected chi connectivity index (χ2v) is 4.63. The van der Waals surface area contributed by atoms with Gasteiger partial charge in [0.2, 0.25) is 0 Å². The molecule has 1 fully saturated rings. The van der Waals surface area contributed by atoms with E-state index >= 15 is 0 Å². The summed E-state index contributed by atoms with van der Waals surface area (Å²) in [6, 6.07) is 8.20. The molecule has 2 nitrogen and oxygen atoms in total. The predicted octanol–water partition coefficient (Wildman–Crippen LogP) is 1.89. The summed E-state index contributed by atoms with van der Waals surface area (Å²) in [5.74, 6) is 0.247. The van der Waals surface area contributed by atoms with Gasteiger partial charge >= 0.3 is 0 Å². The Morgan fingerprint density at radius 2 is 2.00 bits per heavy atom. The normalized spacial score (nSPS) is 27.6. The van der Waals surface area contributed by atoms with Gasteiger partial charge in [0, 0.05) is 16.9 Å². The van der Waals surface area contributed by atoms with Gasteiger partial charge in [-0.25, -0.2) is 0 Å². The zero-order valence-corrected chi connectivity index (χ0v) is 9.50. The maximum absolute atomic E-state index is 9.84. The highest BCUT2D eigenvalue weighted by Crippen LogP contribution is 2.24. The van der Waals surface area contributed by atoms with E-state index in [0.717, 1.165) is 24.0 Å². The van der Waals surface area contributed by atoms with E-state index in [1.165, 1.54) is 5.56 Å². The van der Waals surface area contributed by atoms with Crippen molar-refractivity contribution in [1.82, 2.24) is 5.32 Å². The van der Waals surface area contributed by atoms with Crippen LogP contribution in [0.25, 0.3) is 0 Å². The van der Waals surface area contributed by atoms with Gasteiger partial charge in [-0.15, -0.1) is 0 Å². The van der Waals surface area contributed by atoms with E-state index in [9.17, 15) is 5.11 Å². The lowest BCUT2D eigenvalue weighted by Gasteiger charge is -2.28. The molecule has 0 unspecified atom stereocenters. The molecule has 2 atom stereocenters. The smallest absolute Gasteiger partial charge is 0.0633 e. The number of aliphatic hydroxyl groups excluding tert-OH is 1. The van der Waals surface area contributed by atoms with Crippen molar-refractivity contribution in [2.45, 2.75) is 18.4 Å². The Kier molecular flexibility index (Phi) is 3.21. The Hall–Kier alpha value is -0.380. The van der Waals surface area contributed by atoms with Crippen LogP contribution in [0.1, 0.15) is 17.9 Å². The fraction of sp³-hybridized carbons (Fsp3) is 0.455. The summed E-state index contributed by atoms with van der Waals surface area (Å²) >= 11 is 3.41. The molecule has 0 bridgehead atoms. The number of rotatable bonds is 1.